The van der Waals surface area contributed by atoms with Crippen LogP contribution < -0.4 is 4.74 Å². The summed E-state index contributed by atoms with van der Waals surface area (Å²) in [5.74, 6) is 1.32. The van der Waals surface area contributed by atoms with Crippen LogP contribution in [0.3, 0.4) is 0 Å². The largest absolute Gasteiger partial charge is 0.457 e. The molecule has 0 saturated heterocycles. The van der Waals surface area contributed by atoms with E-state index in [1.165, 1.54) is 0 Å². The number of carbonyl (C=O) groups is 1. The summed E-state index contributed by atoms with van der Waals surface area (Å²) in [6, 6.07) is 16.0. The molecule has 2 aromatic carbocycles. The molecule has 94 valence electrons. The van der Waals surface area contributed by atoms with Crippen molar-refractivity contribution in [1.29, 1.82) is 5.26 Å². The molecule has 0 N–H and O–H groups in total. The summed E-state index contributed by atoms with van der Waals surface area (Å²) < 4.78 is 5.61. The fourth-order valence-electron chi connectivity index (χ4n) is 1.57. The van der Waals surface area contributed by atoms with Gasteiger partial charge in [-0.2, -0.15) is 5.26 Å². The Morgan fingerprint density at radius 1 is 1.05 bits per heavy atom. The van der Waals surface area contributed by atoms with Gasteiger partial charge in [0.2, 0.25) is 5.24 Å². The molecular formula is C15H10ClNO2. The molecule has 0 fully saturated rings. The molecule has 0 saturated carbocycles. The van der Waals surface area contributed by atoms with Gasteiger partial charge in [-0.1, -0.05) is 12.1 Å². The Kier molecular flexibility index (Phi) is 4.17. The molecule has 0 aliphatic heterocycles. The molecular weight excluding hydrogens is 262 g/mol. The molecule has 0 aromatic heterocycles. The van der Waals surface area contributed by atoms with Gasteiger partial charge < -0.3 is 4.74 Å². The van der Waals surface area contributed by atoms with E-state index in [1.54, 1.807) is 48.5 Å². The van der Waals surface area contributed by atoms with Crippen LogP contribution in [0.5, 0.6) is 11.5 Å². The van der Waals surface area contributed by atoms with Gasteiger partial charge >= 0.3 is 0 Å². The summed E-state index contributed by atoms with van der Waals surface area (Å²) in [6.45, 7) is 0. The Bertz CT molecular complexity index is 612. The summed E-state index contributed by atoms with van der Waals surface area (Å²) in [5, 5.41) is 8.30. The molecule has 0 aliphatic carbocycles. The van der Waals surface area contributed by atoms with Crippen LogP contribution in [0.2, 0.25) is 0 Å². The monoisotopic (exact) mass is 271 g/mol. The van der Waals surface area contributed by atoms with Gasteiger partial charge in [-0.3, -0.25) is 4.79 Å². The van der Waals surface area contributed by atoms with Crippen molar-refractivity contribution in [3.8, 4) is 17.6 Å². The minimum Gasteiger partial charge on any atom is -0.457 e. The Labute approximate surface area is 116 Å². The second kappa shape index (κ2) is 6.03. The van der Waals surface area contributed by atoms with Gasteiger partial charge in [0, 0.05) is 6.42 Å². The molecule has 0 radical (unpaired) electrons. The van der Waals surface area contributed by atoms with E-state index < -0.39 is 0 Å². The molecule has 0 aliphatic rings. The molecule has 0 amide bonds. The predicted octanol–water partition coefficient (Wildman–Crippen LogP) is 3.66. The van der Waals surface area contributed by atoms with Crippen molar-refractivity contribution in [1.82, 2.24) is 0 Å². The van der Waals surface area contributed by atoms with Gasteiger partial charge in [-0.15, -0.1) is 0 Å². The number of benzene rings is 2. The van der Waals surface area contributed by atoms with E-state index >= 15 is 0 Å². The Hall–Kier alpha value is -2.31. The number of nitrogens with zero attached hydrogens (tertiary/aromatic N) is 1. The van der Waals surface area contributed by atoms with Gasteiger partial charge in [0.15, 0.2) is 0 Å². The van der Waals surface area contributed by atoms with Crippen LogP contribution in [-0.2, 0) is 11.2 Å². The van der Waals surface area contributed by atoms with Crippen molar-refractivity contribution < 1.29 is 9.53 Å². The third-order valence-electron chi connectivity index (χ3n) is 2.49. The maximum absolute atomic E-state index is 10.8. The standard InChI is InChI=1S/C15H10ClNO2/c16-15(18)9-11-1-5-13(6-2-11)19-14-7-3-12(10-17)4-8-14/h1-8H,9H2. The molecule has 2 rings (SSSR count). The summed E-state index contributed by atoms with van der Waals surface area (Å²) in [5.41, 5.74) is 1.43. The van der Waals surface area contributed by atoms with Crippen LogP contribution in [-0.4, -0.2) is 5.24 Å². The maximum atomic E-state index is 10.8. The summed E-state index contributed by atoms with van der Waals surface area (Å²) in [6.07, 6.45) is 0.207. The average molecular weight is 272 g/mol. The zero-order chi connectivity index (χ0) is 13.7. The van der Waals surface area contributed by atoms with Crippen LogP contribution in [0.4, 0.5) is 0 Å². The number of hydrogen-bond acceptors (Lipinski definition) is 3. The SMILES string of the molecule is N#Cc1ccc(Oc2ccc(CC(=O)Cl)cc2)cc1. The first-order valence-electron chi connectivity index (χ1n) is 5.62. The summed E-state index contributed by atoms with van der Waals surface area (Å²) >= 11 is 5.31. The first-order chi connectivity index (χ1) is 9.17. The van der Waals surface area contributed by atoms with Crippen molar-refractivity contribution in [2.45, 2.75) is 6.42 Å². The number of nitriles is 1. The lowest BCUT2D eigenvalue weighted by Crippen LogP contribution is -1.93. The highest BCUT2D eigenvalue weighted by Crippen LogP contribution is 2.22. The fourth-order valence-corrected chi connectivity index (χ4v) is 1.72. The Morgan fingerprint density at radius 3 is 2.05 bits per heavy atom. The highest BCUT2D eigenvalue weighted by molar-refractivity contribution is 6.63. The van der Waals surface area contributed by atoms with Crippen LogP contribution in [0.25, 0.3) is 0 Å². The number of halogens is 1. The van der Waals surface area contributed by atoms with Crippen LogP contribution in [0, 0.1) is 11.3 Å². The third-order valence-corrected chi connectivity index (χ3v) is 2.62. The van der Waals surface area contributed by atoms with Crippen molar-refractivity contribution >= 4 is 16.8 Å². The Balaban J connectivity index is 2.06. The Morgan fingerprint density at radius 2 is 1.58 bits per heavy atom. The van der Waals surface area contributed by atoms with Crippen molar-refractivity contribution in [2.75, 3.05) is 0 Å². The van der Waals surface area contributed by atoms with E-state index in [2.05, 4.69) is 0 Å². The van der Waals surface area contributed by atoms with Crippen molar-refractivity contribution in [3.05, 3.63) is 59.7 Å². The topological polar surface area (TPSA) is 50.1 Å². The molecule has 3 nitrogen and oxygen atoms in total. The molecule has 0 bridgehead atoms. The molecule has 4 heteroatoms. The zero-order valence-corrected chi connectivity index (χ0v) is 10.7. The minimum atomic E-state index is -0.388. The highest BCUT2D eigenvalue weighted by Gasteiger charge is 2.01. The number of ether oxygens (including phenoxy) is 1. The van der Waals surface area contributed by atoms with Crippen LogP contribution in [0.1, 0.15) is 11.1 Å². The summed E-state index contributed by atoms with van der Waals surface area (Å²) in [4.78, 5) is 10.8. The highest BCUT2D eigenvalue weighted by atomic mass is 35.5. The van der Waals surface area contributed by atoms with Gasteiger partial charge in [-0.25, -0.2) is 0 Å². The van der Waals surface area contributed by atoms with E-state index in [1.807, 2.05) is 6.07 Å². The smallest absolute Gasteiger partial charge is 0.226 e. The third kappa shape index (κ3) is 3.84. The van der Waals surface area contributed by atoms with Crippen molar-refractivity contribution in [3.63, 3.8) is 0 Å². The van der Waals surface area contributed by atoms with E-state index in [9.17, 15) is 4.79 Å². The number of carbonyl (C=O) groups excluding carboxylic acids is 1. The quantitative estimate of drug-likeness (QED) is 0.798. The summed E-state index contributed by atoms with van der Waals surface area (Å²) in [7, 11) is 0. The van der Waals surface area contributed by atoms with E-state index in [0.29, 0.717) is 17.1 Å². The predicted molar refractivity (Wildman–Crippen MR) is 72.2 cm³/mol. The molecule has 0 atom stereocenters. The lowest BCUT2D eigenvalue weighted by molar-refractivity contribution is -0.111. The maximum Gasteiger partial charge on any atom is 0.226 e. The first-order valence-corrected chi connectivity index (χ1v) is 6.00. The first kappa shape index (κ1) is 13.1. The van der Waals surface area contributed by atoms with Gasteiger partial charge in [0.1, 0.15) is 11.5 Å². The second-order valence-corrected chi connectivity index (χ2v) is 4.34. The lowest BCUT2D eigenvalue weighted by atomic mass is 10.1. The molecule has 0 unspecified atom stereocenters. The average Bonchev–Trinajstić information content (AvgIpc) is 2.41. The van der Waals surface area contributed by atoms with E-state index in [-0.39, 0.29) is 11.7 Å². The lowest BCUT2D eigenvalue weighted by Gasteiger charge is -2.06. The van der Waals surface area contributed by atoms with Gasteiger partial charge in [0.25, 0.3) is 0 Å². The van der Waals surface area contributed by atoms with E-state index in [4.69, 9.17) is 21.6 Å². The number of rotatable bonds is 4. The minimum absolute atomic E-state index is 0.207. The van der Waals surface area contributed by atoms with Gasteiger partial charge in [-0.05, 0) is 53.6 Å². The molecule has 0 heterocycles. The van der Waals surface area contributed by atoms with E-state index in [0.717, 1.165) is 5.56 Å². The second-order valence-electron chi connectivity index (χ2n) is 3.91. The fraction of sp³-hybridized carbons (Fsp3) is 0.0667. The molecule has 19 heavy (non-hydrogen) atoms. The number of hydrogen-bond donors (Lipinski definition) is 0. The normalized spacial score (nSPS) is 9.68. The molecule has 0 spiro atoms. The molecule has 2 aromatic rings. The van der Waals surface area contributed by atoms with Crippen molar-refractivity contribution in [2.24, 2.45) is 0 Å². The van der Waals surface area contributed by atoms with Gasteiger partial charge in [0.05, 0.1) is 11.6 Å². The van der Waals surface area contributed by atoms with Crippen LogP contribution in [0.15, 0.2) is 48.5 Å². The van der Waals surface area contributed by atoms with Crippen LogP contribution >= 0.6 is 11.6 Å². The zero-order valence-electron chi connectivity index (χ0n) is 9.97.